The Balaban J connectivity index is 4.80. The largest absolute Gasteiger partial charge is 0.500 e. The highest BCUT2D eigenvalue weighted by molar-refractivity contribution is 6.70. The average molecular weight is 339 g/mol. The Morgan fingerprint density at radius 3 is 1.71 bits per heavy atom. The summed E-state index contributed by atoms with van der Waals surface area (Å²) in [6, 6.07) is 1.03. The van der Waals surface area contributed by atoms with Gasteiger partial charge in [-0.2, -0.15) is 0 Å². The van der Waals surface area contributed by atoms with Crippen molar-refractivity contribution in [2.24, 2.45) is 0 Å². The van der Waals surface area contributed by atoms with Gasteiger partial charge in [-0.05, 0) is 13.0 Å². The van der Waals surface area contributed by atoms with Crippen LogP contribution in [0.2, 0.25) is 12.1 Å². The molecule has 0 N–H and O–H groups in total. The Kier molecular flexibility index (Phi) is 9.21. The van der Waals surface area contributed by atoms with Gasteiger partial charge < -0.3 is 26.9 Å². The molecule has 0 aromatic rings. The highest BCUT2D eigenvalue weighted by Gasteiger charge is 2.45. The number of carbonyl (C=O) groups excluding carboxylic acids is 1. The fourth-order valence-electron chi connectivity index (χ4n) is 1.68. The molecule has 124 valence electrons. The van der Waals surface area contributed by atoms with E-state index in [9.17, 15) is 4.79 Å². The van der Waals surface area contributed by atoms with Crippen LogP contribution in [0.25, 0.3) is 0 Å². The SMILES string of the molecule is C=C(C)C(=O)OC[Si](CC[Si](OC)(OC)OC)(OC)OC. The Hall–Kier alpha value is -0.556. The summed E-state index contributed by atoms with van der Waals surface area (Å²) in [5.74, 6) is -0.463. The van der Waals surface area contributed by atoms with Gasteiger partial charge in [0.2, 0.25) is 0 Å². The van der Waals surface area contributed by atoms with Gasteiger partial charge in [0.05, 0.1) is 0 Å². The van der Waals surface area contributed by atoms with Crippen molar-refractivity contribution in [1.29, 1.82) is 0 Å². The summed E-state index contributed by atoms with van der Waals surface area (Å²) in [5.41, 5.74) is 0.333. The molecule has 0 spiro atoms. The van der Waals surface area contributed by atoms with Gasteiger partial charge in [0.15, 0.2) is 0 Å². The van der Waals surface area contributed by atoms with E-state index in [-0.39, 0.29) is 6.23 Å². The van der Waals surface area contributed by atoms with Gasteiger partial charge in [0.1, 0.15) is 6.23 Å². The molecule has 0 aliphatic rings. The van der Waals surface area contributed by atoms with E-state index in [0.29, 0.717) is 17.7 Å². The molecular formula is C12H26O7Si2. The van der Waals surface area contributed by atoms with E-state index in [2.05, 4.69) is 6.58 Å². The van der Waals surface area contributed by atoms with Crippen LogP contribution < -0.4 is 0 Å². The second-order valence-electron chi connectivity index (χ2n) is 4.47. The second-order valence-corrected chi connectivity index (χ2v) is 11.0. The second kappa shape index (κ2) is 9.46. The number of carbonyl (C=O) groups is 1. The summed E-state index contributed by atoms with van der Waals surface area (Å²) in [5, 5.41) is 0. The normalized spacial score (nSPS) is 12.3. The van der Waals surface area contributed by atoms with Crippen LogP contribution in [-0.2, 0) is 31.7 Å². The third-order valence-electron chi connectivity index (χ3n) is 3.26. The van der Waals surface area contributed by atoms with E-state index < -0.39 is 23.3 Å². The first-order valence-electron chi connectivity index (χ1n) is 6.42. The highest BCUT2D eigenvalue weighted by atomic mass is 28.4. The van der Waals surface area contributed by atoms with Crippen molar-refractivity contribution in [3.63, 3.8) is 0 Å². The van der Waals surface area contributed by atoms with Crippen molar-refractivity contribution >= 4 is 23.3 Å². The Bertz CT molecular complexity index is 332. The lowest BCUT2D eigenvalue weighted by Crippen LogP contribution is -2.50. The zero-order valence-corrected chi connectivity index (χ0v) is 15.7. The summed E-state index contributed by atoms with van der Waals surface area (Å²) in [7, 11) is 2.30. The van der Waals surface area contributed by atoms with Crippen LogP contribution in [0.4, 0.5) is 0 Å². The molecule has 0 amide bonds. The molecule has 0 aromatic carbocycles. The van der Waals surface area contributed by atoms with Gasteiger partial charge in [-0.15, -0.1) is 0 Å². The Labute approximate surface area is 128 Å². The molecule has 0 fully saturated rings. The Morgan fingerprint density at radius 2 is 1.38 bits per heavy atom. The molecule has 0 atom stereocenters. The van der Waals surface area contributed by atoms with Gasteiger partial charge in [0.25, 0.3) is 0 Å². The van der Waals surface area contributed by atoms with Crippen LogP contribution in [0.15, 0.2) is 12.2 Å². The average Bonchev–Trinajstić information content (AvgIpc) is 2.52. The maximum atomic E-state index is 11.5. The minimum Gasteiger partial charge on any atom is -0.460 e. The molecular weight excluding hydrogens is 312 g/mol. The fourth-order valence-corrected chi connectivity index (χ4v) is 6.84. The quantitative estimate of drug-likeness (QED) is 0.319. The summed E-state index contributed by atoms with van der Waals surface area (Å²) >= 11 is 0. The van der Waals surface area contributed by atoms with E-state index in [1.54, 1.807) is 42.5 Å². The summed E-state index contributed by atoms with van der Waals surface area (Å²) in [6.07, 6.45) is 0.0767. The molecule has 0 heterocycles. The molecule has 7 nitrogen and oxygen atoms in total. The van der Waals surface area contributed by atoms with E-state index in [0.717, 1.165) is 0 Å². The highest BCUT2D eigenvalue weighted by Crippen LogP contribution is 2.23. The van der Waals surface area contributed by atoms with Crippen molar-refractivity contribution in [3.8, 4) is 0 Å². The van der Waals surface area contributed by atoms with Crippen LogP contribution >= 0.6 is 0 Å². The molecule has 0 saturated heterocycles. The Morgan fingerprint density at radius 1 is 0.905 bits per heavy atom. The molecule has 0 bridgehead atoms. The van der Waals surface area contributed by atoms with E-state index in [4.69, 9.17) is 26.9 Å². The zero-order chi connectivity index (χ0) is 16.5. The first-order valence-corrected chi connectivity index (χ1v) is 10.6. The first-order chi connectivity index (χ1) is 9.84. The topological polar surface area (TPSA) is 72.5 Å². The van der Waals surface area contributed by atoms with Gasteiger partial charge >= 0.3 is 23.3 Å². The first kappa shape index (κ1) is 20.4. The molecule has 21 heavy (non-hydrogen) atoms. The van der Waals surface area contributed by atoms with Crippen molar-refractivity contribution in [3.05, 3.63) is 12.2 Å². The number of hydrogen-bond acceptors (Lipinski definition) is 7. The van der Waals surface area contributed by atoms with Crippen LogP contribution in [0.3, 0.4) is 0 Å². The number of hydrogen-bond donors (Lipinski definition) is 0. The molecule has 0 rings (SSSR count). The molecule has 0 aliphatic heterocycles. The summed E-state index contributed by atoms with van der Waals surface area (Å²) in [4.78, 5) is 11.5. The third kappa shape index (κ3) is 5.98. The maximum absolute atomic E-state index is 11.5. The molecule has 0 radical (unpaired) electrons. The molecule has 0 saturated carbocycles. The number of ether oxygens (including phenoxy) is 1. The fraction of sp³-hybridized carbons (Fsp3) is 0.750. The van der Waals surface area contributed by atoms with Gasteiger partial charge in [-0.25, -0.2) is 4.79 Å². The standard InChI is InChI=1S/C12H26O7Si2/c1-11(2)12(13)19-10-20(14-3,15-4)8-9-21(16-5,17-6)18-7/h1,8-10H2,2-7H3. The molecule has 0 aliphatic carbocycles. The molecule has 9 heteroatoms. The van der Waals surface area contributed by atoms with Crippen LogP contribution in [0.1, 0.15) is 6.92 Å². The predicted octanol–water partition coefficient (Wildman–Crippen LogP) is 1.26. The van der Waals surface area contributed by atoms with E-state index in [1.165, 1.54) is 0 Å². The smallest absolute Gasteiger partial charge is 0.460 e. The van der Waals surface area contributed by atoms with Crippen molar-refractivity contribution in [2.45, 2.75) is 19.0 Å². The van der Waals surface area contributed by atoms with Crippen LogP contribution in [0, 0.1) is 0 Å². The number of rotatable bonds is 11. The predicted molar refractivity (Wildman–Crippen MR) is 81.9 cm³/mol. The van der Waals surface area contributed by atoms with Gasteiger partial charge in [0, 0.05) is 47.2 Å². The van der Waals surface area contributed by atoms with Crippen molar-refractivity contribution in [2.75, 3.05) is 41.8 Å². The lowest BCUT2D eigenvalue weighted by Gasteiger charge is -2.30. The lowest BCUT2D eigenvalue weighted by atomic mass is 10.4. The lowest BCUT2D eigenvalue weighted by molar-refractivity contribution is -0.137. The minimum absolute atomic E-state index is 0.0767. The van der Waals surface area contributed by atoms with Crippen LogP contribution in [-0.4, -0.2) is 65.1 Å². The molecule has 0 aromatic heterocycles. The van der Waals surface area contributed by atoms with Crippen molar-refractivity contribution in [1.82, 2.24) is 0 Å². The van der Waals surface area contributed by atoms with Gasteiger partial charge in [-0.3, -0.25) is 0 Å². The third-order valence-corrected chi connectivity index (χ3v) is 9.57. The summed E-state index contributed by atoms with van der Waals surface area (Å²) in [6.45, 7) is 5.13. The zero-order valence-electron chi connectivity index (χ0n) is 13.7. The van der Waals surface area contributed by atoms with Gasteiger partial charge in [-0.1, -0.05) is 6.58 Å². The number of esters is 1. The maximum Gasteiger partial charge on any atom is 0.500 e. The summed E-state index contributed by atoms with van der Waals surface area (Å²) < 4.78 is 32.3. The van der Waals surface area contributed by atoms with E-state index >= 15 is 0 Å². The molecule has 0 unspecified atom stereocenters. The van der Waals surface area contributed by atoms with Crippen LogP contribution in [0.5, 0.6) is 0 Å². The minimum atomic E-state index is -2.72. The van der Waals surface area contributed by atoms with Crippen molar-refractivity contribution < 1.29 is 31.7 Å². The monoisotopic (exact) mass is 338 g/mol. The van der Waals surface area contributed by atoms with E-state index in [1.807, 2.05) is 0 Å².